The van der Waals surface area contributed by atoms with E-state index >= 15 is 0 Å². The molecule has 0 aliphatic rings. The molecule has 58 valence electrons. The minimum atomic E-state index is 0. The molecule has 0 aromatic heterocycles. The lowest BCUT2D eigenvalue weighted by atomic mass is 10.4. The molecule has 0 spiro atoms. The lowest BCUT2D eigenvalue weighted by molar-refractivity contribution is 0.908. The second-order valence-electron chi connectivity index (χ2n) is 1.45. The lowest BCUT2D eigenvalue weighted by Crippen LogP contribution is -1.89. The third-order valence-electron chi connectivity index (χ3n) is 0.774. The van der Waals surface area contributed by atoms with Gasteiger partial charge in [0.2, 0.25) is 0 Å². The molecule has 5 heteroatoms. The highest BCUT2D eigenvalue weighted by molar-refractivity contribution is 7.97. The first-order valence-corrected chi connectivity index (χ1v) is 4.65. The molecule has 0 aliphatic carbocycles. The Morgan fingerprint density at radius 2 is 1.22 bits per heavy atom. The van der Waals surface area contributed by atoms with Crippen LogP contribution in [0, 0.1) is 0 Å². The molecule has 0 rings (SSSR count). The topological polar surface area (TPSA) is 87.0 Å². The second kappa shape index (κ2) is 11.4. The van der Waals surface area contributed by atoms with Gasteiger partial charge in [-0.1, -0.05) is 23.9 Å². The lowest BCUT2D eigenvalue weighted by Gasteiger charge is -1.93. The summed E-state index contributed by atoms with van der Waals surface area (Å²) >= 11 is 2.80. The van der Waals surface area contributed by atoms with Crippen molar-refractivity contribution >= 4 is 23.9 Å². The summed E-state index contributed by atoms with van der Waals surface area (Å²) in [7, 11) is 0. The van der Waals surface area contributed by atoms with Gasteiger partial charge in [-0.3, -0.25) is 10.3 Å². The van der Waals surface area contributed by atoms with Crippen LogP contribution in [0.2, 0.25) is 0 Å². The van der Waals surface area contributed by atoms with Crippen molar-refractivity contribution in [2.45, 2.75) is 12.8 Å². The Kier molecular flexibility index (Phi) is 15.5. The average Bonchev–Trinajstić information content (AvgIpc) is 1.81. The van der Waals surface area contributed by atoms with E-state index in [-0.39, 0.29) is 6.15 Å². The van der Waals surface area contributed by atoms with Crippen molar-refractivity contribution in [3.63, 3.8) is 0 Å². The van der Waals surface area contributed by atoms with E-state index in [1.54, 1.807) is 0 Å². The van der Waals surface area contributed by atoms with E-state index in [9.17, 15) is 0 Å². The maximum absolute atomic E-state index is 5.19. The maximum Gasteiger partial charge on any atom is 0.00767 e. The van der Waals surface area contributed by atoms with Gasteiger partial charge in [-0.05, 0) is 12.8 Å². The number of unbranched alkanes of at least 4 members (excludes halogenated alkanes) is 1. The summed E-state index contributed by atoms with van der Waals surface area (Å²) in [4.78, 5) is 0. The Hall–Kier alpha value is 0.580. The normalized spacial score (nSPS) is 8.67. The van der Waals surface area contributed by atoms with E-state index in [0.29, 0.717) is 0 Å². The Balaban J connectivity index is 0. The van der Waals surface area contributed by atoms with Gasteiger partial charge < -0.3 is 6.15 Å². The van der Waals surface area contributed by atoms with Gasteiger partial charge >= 0.3 is 0 Å². The molecule has 0 atom stereocenters. The van der Waals surface area contributed by atoms with Crippen LogP contribution in [-0.4, -0.2) is 11.5 Å². The third-order valence-corrected chi connectivity index (χ3v) is 1.82. The Morgan fingerprint density at radius 3 is 1.44 bits per heavy atom. The predicted molar refractivity (Wildman–Crippen MR) is 47.5 cm³/mol. The Labute approximate surface area is 65.2 Å². The molecule has 0 bridgehead atoms. The third kappa shape index (κ3) is 11.9. The molecule has 0 radical (unpaired) electrons. The van der Waals surface area contributed by atoms with Gasteiger partial charge in [0.25, 0.3) is 0 Å². The summed E-state index contributed by atoms with van der Waals surface area (Å²) < 4.78 is 0. The standard InChI is InChI=1S/C4H12N2S2.H3N/c5-7-3-1-2-4-8-6;/h1-6H2;1H3. The van der Waals surface area contributed by atoms with Crippen LogP contribution in [0.25, 0.3) is 0 Å². The van der Waals surface area contributed by atoms with Crippen LogP contribution in [0.1, 0.15) is 12.8 Å². The fourth-order valence-electron chi connectivity index (χ4n) is 0.371. The fourth-order valence-corrected chi connectivity index (χ4v) is 1.11. The summed E-state index contributed by atoms with van der Waals surface area (Å²) in [6.45, 7) is 0. The van der Waals surface area contributed by atoms with E-state index in [0.717, 1.165) is 11.5 Å². The predicted octanol–water partition coefficient (Wildman–Crippen LogP) is 1.14. The molecule has 0 saturated carbocycles. The van der Waals surface area contributed by atoms with Crippen molar-refractivity contribution in [1.82, 2.24) is 6.15 Å². The van der Waals surface area contributed by atoms with Crippen LogP contribution in [-0.2, 0) is 0 Å². The smallest absolute Gasteiger partial charge is 0.00767 e. The Morgan fingerprint density at radius 1 is 0.889 bits per heavy atom. The van der Waals surface area contributed by atoms with E-state index in [1.165, 1.54) is 36.7 Å². The zero-order chi connectivity index (χ0) is 6.24. The molecule has 0 saturated heterocycles. The van der Waals surface area contributed by atoms with Crippen LogP contribution < -0.4 is 16.4 Å². The molecule has 0 aliphatic heterocycles. The van der Waals surface area contributed by atoms with Crippen molar-refractivity contribution < 1.29 is 0 Å². The number of hydrogen-bond acceptors (Lipinski definition) is 5. The molecular weight excluding hydrogens is 154 g/mol. The molecule has 3 nitrogen and oxygen atoms in total. The van der Waals surface area contributed by atoms with E-state index in [1.807, 2.05) is 0 Å². The van der Waals surface area contributed by atoms with E-state index in [2.05, 4.69) is 0 Å². The van der Waals surface area contributed by atoms with Crippen LogP contribution >= 0.6 is 23.9 Å². The molecule has 0 amide bonds. The van der Waals surface area contributed by atoms with Gasteiger partial charge in [0, 0.05) is 11.5 Å². The van der Waals surface area contributed by atoms with Crippen molar-refractivity contribution in [3.8, 4) is 0 Å². The summed E-state index contributed by atoms with van der Waals surface area (Å²) in [6.07, 6.45) is 2.37. The molecule has 0 unspecified atom stereocenters. The number of hydrogen-bond donors (Lipinski definition) is 3. The van der Waals surface area contributed by atoms with Crippen molar-refractivity contribution in [2.75, 3.05) is 11.5 Å². The highest BCUT2D eigenvalue weighted by atomic mass is 32.2. The van der Waals surface area contributed by atoms with Gasteiger partial charge in [-0.25, -0.2) is 0 Å². The minimum Gasteiger partial charge on any atom is -0.344 e. The molecule has 0 aromatic carbocycles. The largest absolute Gasteiger partial charge is 0.344 e. The van der Waals surface area contributed by atoms with Crippen LogP contribution in [0.3, 0.4) is 0 Å². The number of nitrogens with two attached hydrogens (primary N) is 2. The second-order valence-corrected chi connectivity index (χ2v) is 2.93. The molecule has 7 N–H and O–H groups in total. The molecule has 9 heavy (non-hydrogen) atoms. The van der Waals surface area contributed by atoms with Gasteiger partial charge in [0.05, 0.1) is 0 Å². The van der Waals surface area contributed by atoms with Crippen LogP contribution in [0.5, 0.6) is 0 Å². The zero-order valence-electron chi connectivity index (χ0n) is 5.51. The molecule has 0 fully saturated rings. The first kappa shape index (κ1) is 12.3. The monoisotopic (exact) mass is 169 g/mol. The highest BCUT2D eigenvalue weighted by Gasteiger charge is 1.84. The Bertz CT molecular complexity index is 38.8. The van der Waals surface area contributed by atoms with Crippen molar-refractivity contribution in [3.05, 3.63) is 0 Å². The van der Waals surface area contributed by atoms with Crippen LogP contribution in [0.15, 0.2) is 0 Å². The zero-order valence-corrected chi connectivity index (χ0v) is 7.14. The van der Waals surface area contributed by atoms with Crippen molar-refractivity contribution in [1.29, 1.82) is 0 Å². The highest BCUT2D eigenvalue weighted by Crippen LogP contribution is 1.99. The molecular formula is C4H15N3S2. The van der Waals surface area contributed by atoms with Gasteiger partial charge in [0.15, 0.2) is 0 Å². The molecule has 0 heterocycles. The fraction of sp³-hybridized carbons (Fsp3) is 1.00. The first-order valence-electron chi connectivity index (χ1n) is 2.55. The van der Waals surface area contributed by atoms with E-state index in [4.69, 9.17) is 10.3 Å². The SMILES string of the molecule is N.NSCCCCSN. The minimum absolute atomic E-state index is 0. The van der Waals surface area contributed by atoms with Crippen molar-refractivity contribution in [2.24, 2.45) is 10.3 Å². The van der Waals surface area contributed by atoms with Gasteiger partial charge in [0.1, 0.15) is 0 Å². The summed E-state index contributed by atoms with van der Waals surface area (Å²) in [5.74, 6) is 2.11. The molecule has 0 aromatic rings. The maximum atomic E-state index is 5.19. The average molecular weight is 169 g/mol. The van der Waals surface area contributed by atoms with Crippen LogP contribution in [0.4, 0.5) is 0 Å². The quantitative estimate of drug-likeness (QED) is 0.424. The summed E-state index contributed by atoms with van der Waals surface area (Å²) in [5, 5.41) is 10.4. The number of rotatable bonds is 5. The van der Waals surface area contributed by atoms with E-state index < -0.39 is 0 Å². The summed E-state index contributed by atoms with van der Waals surface area (Å²) in [6, 6.07) is 0. The summed E-state index contributed by atoms with van der Waals surface area (Å²) in [5.41, 5.74) is 0. The van der Waals surface area contributed by atoms with Gasteiger partial charge in [-0.2, -0.15) is 0 Å². The van der Waals surface area contributed by atoms with Gasteiger partial charge in [-0.15, -0.1) is 0 Å². The first-order chi connectivity index (χ1) is 3.91.